The van der Waals surface area contributed by atoms with Crippen LogP contribution >= 0.6 is 0 Å². The van der Waals surface area contributed by atoms with Gasteiger partial charge >= 0.3 is 0 Å². The largest absolute Gasteiger partial charge is 0.493 e. The maximum atomic E-state index is 5.49. The molecule has 2 rings (SSSR count). The standard InChI is InChI=1S/C13H19NO3/c1-15-11-7-9-5-4-6-14-8-10(9)12(16-2)13(11)17-3/h7,14H,4-6,8H2,1-3H3. The van der Waals surface area contributed by atoms with Gasteiger partial charge < -0.3 is 19.5 Å². The summed E-state index contributed by atoms with van der Waals surface area (Å²) >= 11 is 0. The van der Waals surface area contributed by atoms with Crippen LogP contribution in [0.1, 0.15) is 17.5 Å². The van der Waals surface area contributed by atoms with Crippen molar-refractivity contribution in [1.29, 1.82) is 0 Å². The lowest BCUT2D eigenvalue weighted by Gasteiger charge is -2.18. The molecule has 4 nitrogen and oxygen atoms in total. The smallest absolute Gasteiger partial charge is 0.203 e. The van der Waals surface area contributed by atoms with Gasteiger partial charge in [-0.3, -0.25) is 0 Å². The van der Waals surface area contributed by atoms with Gasteiger partial charge in [-0.15, -0.1) is 0 Å². The Bertz CT molecular complexity index is 404. The van der Waals surface area contributed by atoms with Crippen molar-refractivity contribution >= 4 is 0 Å². The summed E-state index contributed by atoms with van der Waals surface area (Å²) < 4.78 is 16.2. The maximum absolute atomic E-state index is 5.49. The minimum absolute atomic E-state index is 0.678. The second-order valence-corrected chi connectivity index (χ2v) is 4.06. The molecule has 0 spiro atoms. The topological polar surface area (TPSA) is 39.7 Å². The molecule has 0 bridgehead atoms. The van der Waals surface area contributed by atoms with Gasteiger partial charge in [-0.1, -0.05) is 0 Å². The molecule has 0 unspecified atom stereocenters. The van der Waals surface area contributed by atoms with E-state index in [1.165, 1.54) is 11.1 Å². The van der Waals surface area contributed by atoms with E-state index in [9.17, 15) is 0 Å². The minimum Gasteiger partial charge on any atom is -0.493 e. The van der Waals surface area contributed by atoms with E-state index in [0.29, 0.717) is 5.75 Å². The van der Waals surface area contributed by atoms with Crippen LogP contribution in [0.2, 0.25) is 0 Å². The van der Waals surface area contributed by atoms with Crippen molar-refractivity contribution in [2.24, 2.45) is 0 Å². The SMILES string of the molecule is COc1cc2c(c(OC)c1OC)CNCCC2. The Hall–Kier alpha value is -1.42. The molecule has 1 aromatic rings. The lowest BCUT2D eigenvalue weighted by atomic mass is 10.0. The van der Waals surface area contributed by atoms with Gasteiger partial charge in [0.15, 0.2) is 11.5 Å². The Morgan fingerprint density at radius 2 is 1.82 bits per heavy atom. The highest BCUT2D eigenvalue weighted by Crippen LogP contribution is 2.42. The van der Waals surface area contributed by atoms with E-state index in [2.05, 4.69) is 11.4 Å². The Morgan fingerprint density at radius 3 is 2.47 bits per heavy atom. The van der Waals surface area contributed by atoms with Crippen LogP contribution in [0.5, 0.6) is 17.2 Å². The highest BCUT2D eigenvalue weighted by molar-refractivity contribution is 5.59. The molecule has 94 valence electrons. The maximum Gasteiger partial charge on any atom is 0.203 e. The zero-order valence-electron chi connectivity index (χ0n) is 10.6. The molecule has 1 N–H and O–H groups in total. The summed E-state index contributed by atoms with van der Waals surface area (Å²) in [5, 5.41) is 3.39. The normalized spacial score (nSPS) is 14.8. The molecule has 1 heterocycles. The molecule has 1 aliphatic heterocycles. The Kier molecular flexibility index (Phi) is 3.74. The molecule has 0 atom stereocenters. The first-order valence-electron chi connectivity index (χ1n) is 5.83. The minimum atomic E-state index is 0.678. The fourth-order valence-electron chi connectivity index (χ4n) is 2.30. The van der Waals surface area contributed by atoms with Crippen molar-refractivity contribution in [1.82, 2.24) is 5.32 Å². The molecule has 0 aromatic heterocycles. The summed E-state index contributed by atoms with van der Waals surface area (Å²) in [5.74, 6) is 2.21. The van der Waals surface area contributed by atoms with Gasteiger partial charge in [0.05, 0.1) is 21.3 Å². The number of hydrogen-bond donors (Lipinski definition) is 1. The molecule has 0 saturated heterocycles. The molecule has 4 heteroatoms. The predicted octanol–water partition coefficient (Wildman–Crippen LogP) is 1.75. The second kappa shape index (κ2) is 5.27. The summed E-state index contributed by atoms with van der Waals surface area (Å²) in [6, 6.07) is 2.06. The van der Waals surface area contributed by atoms with Crippen LogP contribution in [0.3, 0.4) is 0 Å². The van der Waals surface area contributed by atoms with Crippen molar-refractivity contribution < 1.29 is 14.2 Å². The van der Waals surface area contributed by atoms with E-state index in [4.69, 9.17) is 14.2 Å². The summed E-state index contributed by atoms with van der Waals surface area (Å²) in [4.78, 5) is 0. The van der Waals surface area contributed by atoms with E-state index in [1.54, 1.807) is 21.3 Å². The number of methoxy groups -OCH3 is 3. The van der Waals surface area contributed by atoms with E-state index in [-0.39, 0.29) is 0 Å². The first-order valence-corrected chi connectivity index (χ1v) is 5.83. The van der Waals surface area contributed by atoms with Crippen LogP contribution in [0.25, 0.3) is 0 Å². The molecule has 0 aliphatic carbocycles. The number of fused-ring (bicyclic) bond motifs is 1. The van der Waals surface area contributed by atoms with E-state index in [0.717, 1.165) is 37.4 Å². The molecule has 0 saturated carbocycles. The first-order chi connectivity index (χ1) is 8.31. The van der Waals surface area contributed by atoms with E-state index < -0.39 is 0 Å². The molecular weight excluding hydrogens is 218 g/mol. The Balaban J connectivity index is 2.58. The van der Waals surface area contributed by atoms with Crippen LogP contribution in [-0.4, -0.2) is 27.9 Å². The second-order valence-electron chi connectivity index (χ2n) is 4.06. The van der Waals surface area contributed by atoms with Gasteiger partial charge in [-0.25, -0.2) is 0 Å². The van der Waals surface area contributed by atoms with Crippen LogP contribution in [0.4, 0.5) is 0 Å². The lowest BCUT2D eigenvalue weighted by Crippen LogP contribution is -2.13. The lowest BCUT2D eigenvalue weighted by molar-refractivity contribution is 0.321. The van der Waals surface area contributed by atoms with Crippen molar-refractivity contribution in [3.05, 3.63) is 17.2 Å². The summed E-state index contributed by atoms with van der Waals surface area (Å²) in [6.07, 6.45) is 2.17. The average Bonchev–Trinajstić information content (AvgIpc) is 2.60. The van der Waals surface area contributed by atoms with Gasteiger partial charge in [0, 0.05) is 12.1 Å². The monoisotopic (exact) mass is 237 g/mol. The molecule has 0 radical (unpaired) electrons. The number of benzene rings is 1. The zero-order valence-corrected chi connectivity index (χ0v) is 10.6. The van der Waals surface area contributed by atoms with Crippen molar-refractivity contribution in [2.75, 3.05) is 27.9 Å². The highest BCUT2D eigenvalue weighted by atomic mass is 16.5. The molecule has 0 fully saturated rings. The van der Waals surface area contributed by atoms with Gasteiger partial charge in [0.25, 0.3) is 0 Å². The fraction of sp³-hybridized carbons (Fsp3) is 0.538. The summed E-state index contributed by atoms with van der Waals surface area (Å²) in [5.41, 5.74) is 2.46. The molecule has 1 aromatic carbocycles. The quantitative estimate of drug-likeness (QED) is 0.869. The number of ether oxygens (including phenoxy) is 3. The Labute approximate surface area is 102 Å². The number of hydrogen-bond acceptors (Lipinski definition) is 4. The number of rotatable bonds is 3. The van der Waals surface area contributed by atoms with E-state index >= 15 is 0 Å². The van der Waals surface area contributed by atoms with Crippen LogP contribution in [0.15, 0.2) is 6.07 Å². The van der Waals surface area contributed by atoms with Crippen molar-refractivity contribution in [2.45, 2.75) is 19.4 Å². The van der Waals surface area contributed by atoms with Gasteiger partial charge in [-0.05, 0) is 31.0 Å². The molecule has 1 aliphatic rings. The first kappa shape index (κ1) is 12.0. The molecule has 17 heavy (non-hydrogen) atoms. The van der Waals surface area contributed by atoms with E-state index in [1.807, 2.05) is 0 Å². The molecular formula is C13H19NO3. The van der Waals surface area contributed by atoms with Crippen LogP contribution in [0, 0.1) is 0 Å². The summed E-state index contributed by atoms with van der Waals surface area (Å²) in [7, 11) is 4.96. The van der Waals surface area contributed by atoms with Gasteiger partial charge in [0.1, 0.15) is 0 Å². The highest BCUT2D eigenvalue weighted by Gasteiger charge is 2.21. The third-order valence-electron chi connectivity index (χ3n) is 3.13. The van der Waals surface area contributed by atoms with Crippen LogP contribution < -0.4 is 19.5 Å². The number of aryl methyl sites for hydroxylation is 1. The van der Waals surface area contributed by atoms with Crippen molar-refractivity contribution in [3.63, 3.8) is 0 Å². The zero-order chi connectivity index (χ0) is 12.3. The van der Waals surface area contributed by atoms with Crippen LogP contribution in [-0.2, 0) is 13.0 Å². The fourth-order valence-corrected chi connectivity index (χ4v) is 2.30. The molecule has 0 amide bonds. The van der Waals surface area contributed by atoms with Gasteiger partial charge in [-0.2, -0.15) is 0 Å². The van der Waals surface area contributed by atoms with Gasteiger partial charge in [0.2, 0.25) is 5.75 Å². The Morgan fingerprint density at radius 1 is 1.06 bits per heavy atom. The predicted molar refractivity (Wildman–Crippen MR) is 66.1 cm³/mol. The van der Waals surface area contributed by atoms with Crippen molar-refractivity contribution in [3.8, 4) is 17.2 Å². The number of nitrogens with one attached hydrogen (secondary N) is 1. The third kappa shape index (κ3) is 2.17. The average molecular weight is 237 g/mol. The summed E-state index contributed by atoms with van der Waals surface area (Å²) in [6.45, 7) is 1.85. The third-order valence-corrected chi connectivity index (χ3v) is 3.13.